The van der Waals surface area contributed by atoms with Crippen LogP contribution in [0.3, 0.4) is 0 Å². The SMILES string of the molecule is CCOc1cc(-c2cc(-c3ccc(Cl)cc3)nc(N)c2C#N)ccc1O. The Balaban J connectivity index is 2.18. The Morgan fingerprint density at radius 1 is 1.15 bits per heavy atom. The molecular weight excluding hydrogens is 350 g/mol. The molecule has 1 aromatic heterocycles. The minimum Gasteiger partial charge on any atom is -0.504 e. The smallest absolute Gasteiger partial charge is 0.161 e. The van der Waals surface area contributed by atoms with Crippen molar-refractivity contribution in [2.45, 2.75) is 6.92 Å². The lowest BCUT2D eigenvalue weighted by atomic mass is 9.98. The van der Waals surface area contributed by atoms with E-state index >= 15 is 0 Å². The van der Waals surface area contributed by atoms with Gasteiger partial charge in [-0.1, -0.05) is 29.8 Å². The first kappa shape index (κ1) is 17.6. The van der Waals surface area contributed by atoms with Gasteiger partial charge in [0.05, 0.1) is 12.3 Å². The van der Waals surface area contributed by atoms with E-state index in [4.69, 9.17) is 22.1 Å². The fourth-order valence-corrected chi connectivity index (χ4v) is 2.76. The molecule has 0 saturated carbocycles. The number of halogens is 1. The van der Waals surface area contributed by atoms with E-state index in [0.717, 1.165) is 5.56 Å². The molecule has 0 aliphatic heterocycles. The van der Waals surface area contributed by atoms with Gasteiger partial charge in [-0.2, -0.15) is 5.26 Å². The van der Waals surface area contributed by atoms with E-state index in [1.165, 1.54) is 6.07 Å². The number of phenolic OH excluding ortho intramolecular Hbond substituents is 1. The minimum absolute atomic E-state index is 0.0362. The third-order valence-electron chi connectivity index (χ3n) is 3.87. The Morgan fingerprint density at radius 3 is 2.50 bits per heavy atom. The Labute approximate surface area is 156 Å². The number of hydrogen-bond acceptors (Lipinski definition) is 5. The quantitative estimate of drug-likeness (QED) is 0.703. The van der Waals surface area contributed by atoms with Gasteiger partial charge in [-0.05, 0) is 42.8 Å². The van der Waals surface area contributed by atoms with Crippen molar-refractivity contribution >= 4 is 17.4 Å². The van der Waals surface area contributed by atoms with Crippen LogP contribution in [0.25, 0.3) is 22.4 Å². The Hall–Kier alpha value is -3.23. The molecule has 0 aliphatic carbocycles. The van der Waals surface area contributed by atoms with Crippen LogP contribution in [0.4, 0.5) is 5.82 Å². The van der Waals surface area contributed by atoms with Crippen LogP contribution in [-0.4, -0.2) is 16.7 Å². The highest BCUT2D eigenvalue weighted by atomic mass is 35.5. The first-order valence-electron chi connectivity index (χ1n) is 7.96. The molecule has 0 amide bonds. The predicted molar refractivity (Wildman–Crippen MR) is 102 cm³/mol. The van der Waals surface area contributed by atoms with E-state index < -0.39 is 0 Å². The van der Waals surface area contributed by atoms with Crippen molar-refractivity contribution in [2.75, 3.05) is 12.3 Å². The number of nitrogen functional groups attached to an aromatic ring is 1. The number of aromatic hydroxyl groups is 1. The molecule has 5 nitrogen and oxygen atoms in total. The van der Waals surface area contributed by atoms with Crippen LogP contribution in [0.5, 0.6) is 11.5 Å². The van der Waals surface area contributed by atoms with E-state index in [9.17, 15) is 10.4 Å². The van der Waals surface area contributed by atoms with E-state index in [2.05, 4.69) is 11.1 Å². The maximum atomic E-state index is 9.91. The highest BCUT2D eigenvalue weighted by Crippen LogP contribution is 2.36. The van der Waals surface area contributed by atoms with Crippen LogP contribution in [0, 0.1) is 11.3 Å². The highest BCUT2D eigenvalue weighted by molar-refractivity contribution is 6.30. The number of nitriles is 1. The lowest BCUT2D eigenvalue weighted by molar-refractivity contribution is 0.318. The van der Waals surface area contributed by atoms with E-state index in [1.54, 1.807) is 30.3 Å². The van der Waals surface area contributed by atoms with Crippen LogP contribution in [-0.2, 0) is 0 Å². The highest BCUT2D eigenvalue weighted by Gasteiger charge is 2.15. The minimum atomic E-state index is 0.0362. The normalized spacial score (nSPS) is 10.3. The first-order chi connectivity index (χ1) is 12.5. The van der Waals surface area contributed by atoms with Gasteiger partial charge < -0.3 is 15.6 Å². The molecule has 1 heterocycles. The van der Waals surface area contributed by atoms with Crippen LogP contribution < -0.4 is 10.5 Å². The Morgan fingerprint density at radius 2 is 1.85 bits per heavy atom. The van der Waals surface area contributed by atoms with Crippen molar-refractivity contribution in [3.8, 4) is 40.0 Å². The summed E-state index contributed by atoms with van der Waals surface area (Å²) < 4.78 is 5.44. The molecule has 130 valence electrons. The summed E-state index contributed by atoms with van der Waals surface area (Å²) in [5, 5.41) is 20.1. The number of phenols is 1. The summed E-state index contributed by atoms with van der Waals surface area (Å²) in [5.41, 5.74) is 9.07. The number of anilines is 1. The van der Waals surface area contributed by atoms with Gasteiger partial charge in [0.2, 0.25) is 0 Å². The molecule has 0 aliphatic rings. The number of benzene rings is 2. The maximum Gasteiger partial charge on any atom is 0.161 e. The summed E-state index contributed by atoms with van der Waals surface area (Å²) in [5.74, 6) is 0.521. The van der Waals surface area contributed by atoms with Gasteiger partial charge in [-0.15, -0.1) is 0 Å². The van der Waals surface area contributed by atoms with Gasteiger partial charge >= 0.3 is 0 Å². The molecule has 0 spiro atoms. The largest absolute Gasteiger partial charge is 0.504 e. The molecule has 0 bridgehead atoms. The van der Waals surface area contributed by atoms with Crippen LogP contribution in [0.1, 0.15) is 12.5 Å². The van der Waals surface area contributed by atoms with Crippen molar-refractivity contribution in [3.05, 3.63) is 59.1 Å². The second-order valence-corrected chi connectivity index (χ2v) is 5.99. The number of rotatable bonds is 4. The molecule has 3 aromatic rings. The van der Waals surface area contributed by atoms with Crippen molar-refractivity contribution in [2.24, 2.45) is 0 Å². The second kappa shape index (κ2) is 7.34. The number of nitrogens with zero attached hydrogens (tertiary/aromatic N) is 2. The van der Waals surface area contributed by atoms with Crippen molar-refractivity contribution < 1.29 is 9.84 Å². The van der Waals surface area contributed by atoms with Gasteiger partial charge in [0, 0.05) is 16.1 Å². The number of ether oxygens (including phenoxy) is 1. The molecule has 0 atom stereocenters. The molecule has 3 rings (SSSR count). The summed E-state index contributed by atoms with van der Waals surface area (Å²) in [6, 6.07) is 16.0. The Kier molecular flexibility index (Phi) is 4.97. The van der Waals surface area contributed by atoms with E-state index in [-0.39, 0.29) is 17.1 Å². The van der Waals surface area contributed by atoms with Crippen molar-refractivity contribution in [1.29, 1.82) is 5.26 Å². The van der Waals surface area contributed by atoms with Crippen LogP contribution in [0.15, 0.2) is 48.5 Å². The average Bonchev–Trinajstić information content (AvgIpc) is 2.63. The zero-order chi connectivity index (χ0) is 18.7. The summed E-state index contributed by atoms with van der Waals surface area (Å²) >= 11 is 5.94. The standard InChI is InChI=1S/C20H16ClN3O2/c1-2-26-19-9-13(5-8-18(19)25)15-10-17(24-20(23)16(15)11-22)12-3-6-14(21)7-4-12/h3-10,25H,2H2,1H3,(H2,23,24). The monoisotopic (exact) mass is 365 g/mol. The lowest BCUT2D eigenvalue weighted by Gasteiger charge is -2.12. The fraction of sp³-hybridized carbons (Fsp3) is 0.100. The maximum absolute atomic E-state index is 9.91. The van der Waals surface area contributed by atoms with Crippen molar-refractivity contribution in [3.63, 3.8) is 0 Å². The van der Waals surface area contributed by atoms with Gasteiger partial charge in [0.15, 0.2) is 11.5 Å². The molecule has 0 radical (unpaired) electrons. The Bertz CT molecular complexity index is 995. The second-order valence-electron chi connectivity index (χ2n) is 5.55. The molecule has 2 aromatic carbocycles. The summed E-state index contributed by atoms with van der Waals surface area (Å²) in [4.78, 5) is 4.34. The van der Waals surface area contributed by atoms with Gasteiger partial charge in [-0.3, -0.25) is 0 Å². The van der Waals surface area contributed by atoms with E-state index in [0.29, 0.717) is 34.2 Å². The number of aromatic nitrogens is 1. The van der Waals surface area contributed by atoms with Crippen LogP contribution in [0.2, 0.25) is 5.02 Å². The molecule has 3 N–H and O–H groups in total. The third-order valence-corrected chi connectivity index (χ3v) is 4.12. The molecule has 0 unspecified atom stereocenters. The first-order valence-corrected chi connectivity index (χ1v) is 8.34. The van der Waals surface area contributed by atoms with Gasteiger partial charge in [0.1, 0.15) is 17.5 Å². The summed E-state index contributed by atoms with van der Waals surface area (Å²) in [7, 11) is 0. The molecular formula is C20H16ClN3O2. The molecule has 0 fully saturated rings. The predicted octanol–water partition coefficient (Wildman–Crippen LogP) is 4.63. The average molecular weight is 366 g/mol. The lowest BCUT2D eigenvalue weighted by Crippen LogP contribution is -2.00. The number of hydrogen-bond donors (Lipinski definition) is 2. The number of pyridine rings is 1. The van der Waals surface area contributed by atoms with E-state index in [1.807, 2.05) is 19.1 Å². The number of nitrogens with two attached hydrogens (primary N) is 1. The molecule has 6 heteroatoms. The van der Waals surface area contributed by atoms with Crippen molar-refractivity contribution in [1.82, 2.24) is 4.98 Å². The molecule has 26 heavy (non-hydrogen) atoms. The zero-order valence-electron chi connectivity index (χ0n) is 14.0. The van der Waals surface area contributed by atoms with Gasteiger partial charge in [0.25, 0.3) is 0 Å². The topological polar surface area (TPSA) is 92.2 Å². The summed E-state index contributed by atoms with van der Waals surface area (Å²) in [6.45, 7) is 2.24. The zero-order valence-corrected chi connectivity index (χ0v) is 14.8. The third kappa shape index (κ3) is 3.41. The van der Waals surface area contributed by atoms with Crippen LogP contribution >= 0.6 is 11.6 Å². The fourth-order valence-electron chi connectivity index (χ4n) is 2.63. The summed E-state index contributed by atoms with van der Waals surface area (Å²) in [6.07, 6.45) is 0. The molecule has 0 saturated heterocycles. The van der Waals surface area contributed by atoms with Gasteiger partial charge in [-0.25, -0.2) is 4.98 Å².